The van der Waals surface area contributed by atoms with Gasteiger partial charge >= 0.3 is 0 Å². The van der Waals surface area contributed by atoms with Gasteiger partial charge in [0.25, 0.3) is 6.43 Å². The zero-order chi connectivity index (χ0) is 19.2. The number of aryl methyl sites for hydroxylation is 1. The Morgan fingerprint density at radius 1 is 1.11 bits per heavy atom. The van der Waals surface area contributed by atoms with Crippen LogP contribution in [0.1, 0.15) is 16.8 Å². The Hall–Kier alpha value is -2.60. The maximum Gasteiger partial charge on any atom is 0.272 e. The van der Waals surface area contributed by atoms with Crippen LogP contribution in [0.25, 0.3) is 10.9 Å². The Morgan fingerprint density at radius 3 is 2.74 bits per heavy atom. The van der Waals surface area contributed by atoms with Crippen LogP contribution in [0.5, 0.6) is 11.5 Å². The van der Waals surface area contributed by atoms with Crippen LogP contribution in [0.3, 0.4) is 0 Å². The number of aromatic nitrogens is 1. The maximum atomic E-state index is 12.2. The Morgan fingerprint density at radius 2 is 1.96 bits per heavy atom. The van der Waals surface area contributed by atoms with Gasteiger partial charge in [-0.1, -0.05) is 12.1 Å². The summed E-state index contributed by atoms with van der Waals surface area (Å²) in [5.74, 6) is 1.31. The summed E-state index contributed by atoms with van der Waals surface area (Å²) in [5.41, 5.74) is 4.53. The molecule has 2 aromatic carbocycles. The lowest BCUT2D eigenvalue weighted by atomic mass is 10.1. The van der Waals surface area contributed by atoms with Gasteiger partial charge in [-0.15, -0.1) is 0 Å². The van der Waals surface area contributed by atoms with Crippen molar-refractivity contribution >= 4 is 10.9 Å². The number of benzene rings is 2. The molecule has 0 bridgehead atoms. The molecule has 3 aromatic rings. The first-order chi connectivity index (χ1) is 13.1. The average Bonchev–Trinajstić information content (AvgIpc) is 2.98. The second kappa shape index (κ2) is 8.86. The third kappa shape index (κ3) is 4.98. The molecule has 0 fully saturated rings. The molecule has 0 unspecified atom stereocenters. The number of ether oxygens (including phenoxy) is 2. The molecule has 0 radical (unpaired) electrons. The first-order valence-corrected chi connectivity index (χ1v) is 8.92. The summed E-state index contributed by atoms with van der Waals surface area (Å²) < 4.78 is 34.9. The predicted octanol–water partition coefficient (Wildman–Crippen LogP) is 4.46. The second-order valence-electron chi connectivity index (χ2n) is 6.42. The van der Waals surface area contributed by atoms with Crippen LogP contribution in [0, 0.1) is 6.92 Å². The van der Waals surface area contributed by atoms with E-state index < -0.39 is 13.0 Å². The minimum atomic E-state index is -2.47. The number of fused-ring (bicyclic) bond motifs is 1. The van der Waals surface area contributed by atoms with Gasteiger partial charge in [0.2, 0.25) is 0 Å². The molecule has 6 heteroatoms. The van der Waals surface area contributed by atoms with Gasteiger partial charge in [-0.25, -0.2) is 8.78 Å². The van der Waals surface area contributed by atoms with E-state index in [2.05, 4.69) is 23.3 Å². The normalized spacial score (nSPS) is 11.3. The number of nitrogens with one attached hydrogen (secondary N) is 2. The number of halogens is 2. The van der Waals surface area contributed by atoms with E-state index in [1.807, 2.05) is 24.3 Å². The predicted molar refractivity (Wildman–Crippen MR) is 103 cm³/mol. The van der Waals surface area contributed by atoms with Gasteiger partial charge in [-0.05, 0) is 61.3 Å². The first-order valence-electron chi connectivity index (χ1n) is 8.92. The third-order valence-electron chi connectivity index (χ3n) is 4.48. The number of H-pyrrole nitrogens is 1. The van der Waals surface area contributed by atoms with Gasteiger partial charge in [0.15, 0.2) is 0 Å². The molecule has 0 amide bonds. The molecule has 2 N–H and O–H groups in total. The van der Waals surface area contributed by atoms with Crippen molar-refractivity contribution in [3.63, 3.8) is 0 Å². The lowest BCUT2D eigenvalue weighted by Gasteiger charge is -2.09. The van der Waals surface area contributed by atoms with Crippen molar-refractivity contribution in [2.75, 3.05) is 20.3 Å². The lowest BCUT2D eigenvalue weighted by molar-refractivity contribution is 0.0818. The summed E-state index contributed by atoms with van der Waals surface area (Å²) in [6.45, 7) is 2.94. The fourth-order valence-corrected chi connectivity index (χ4v) is 3.16. The minimum absolute atomic E-state index is 0.467. The summed E-state index contributed by atoms with van der Waals surface area (Å²) in [6.07, 6.45) is -1.59. The second-order valence-corrected chi connectivity index (χ2v) is 6.42. The zero-order valence-electron chi connectivity index (χ0n) is 15.5. The fourth-order valence-electron chi connectivity index (χ4n) is 3.16. The van der Waals surface area contributed by atoms with Crippen molar-refractivity contribution in [1.82, 2.24) is 10.3 Å². The van der Waals surface area contributed by atoms with E-state index >= 15 is 0 Å². The highest BCUT2D eigenvalue weighted by molar-refractivity contribution is 5.86. The Bertz CT molecular complexity index is 893. The van der Waals surface area contributed by atoms with E-state index in [1.165, 1.54) is 10.9 Å². The molecule has 0 atom stereocenters. The molecule has 1 aromatic heterocycles. The summed E-state index contributed by atoms with van der Waals surface area (Å²) >= 11 is 0. The Balaban J connectivity index is 1.57. The van der Waals surface area contributed by atoms with Crippen LogP contribution >= 0.6 is 0 Å². The highest BCUT2D eigenvalue weighted by Gasteiger charge is 2.09. The van der Waals surface area contributed by atoms with Crippen LogP contribution < -0.4 is 14.8 Å². The van der Waals surface area contributed by atoms with Crippen LogP contribution in [0.2, 0.25) is 0 Å². The van der Waals surface area contributed by atoms with Crippen molar-refractivity contribution in [2.45, 2.75) is 26.3 Å². The van der Waals surface area contributed by atoms with Gasteiger partial charge in [0.05, 0.1) is 7.11 Å². The molecule has 0 spiro atoms. The molecular formula is C21H24F2N2O2. The molecule has 0 saturated carbocycles. The van der Waals surface area contributed by atoms with Crippen molar-refractivity contribution in [3.05, 3.63) is 59.3 Å². The highest BCUT2D eigenvalue weighted by Crippen LogP contribution is 2.26. The first kappa shape index (κ1) is 19.2. The van der Waals surface area contributed by atoms with E-state index in [0.717, 1.165) is 35.5 Å². The number of alkyl halides is 2. The Kier molecular flexibility index (Phi) is 6.29. The van der Waals surface area contributed by atoms with Gasteiger partial charge in [0.1, 0.15) is 18.1 Å². The molecule has 0 aliphatic rings. The number of methoxy groups -OCH3 is 1. The van der Waals surface area contributed by atoms with E-state index in [9.17, 15) is 8.78 Å². The minimum Gasteiger partial charge on any atom is -0.497 e. The van der Waals surface area contributed by atoms with Crippen molar-refractivity contribution < 1.29 is 18.3 Å². The third-order valence-corrected chi connectivity index (χ3v) is 4.48. The van der Waals surface area contributed by atoms with E-state index in [-0.39, 0.29) is 0 Å². The van der Waals surface area contributed by atoms with E-state index in [1.54, 1.807) is 19.2 Å². The van der Waals surface area contributed by atoms with Gasteiger partial charge in [-0.2, -0.15) is 0 Å². The Labute approximate surface area is 157 Å². The van der Waals surface area contributed by atoms with Crippen LogP contribution in [0.4, 0.5) is 8.78 Å². The number of hydrogen-bond acceptors (Lipinski definition) is 3. The monoisotopic (exact) mass is 374 g/mol. The van der Waals surface area contributed by atoms with Gasteiger partial charge in [0, 0.05) is 23.1 Å². The summed E-state index contributed by atoms with van der Waals surface area (Å²) in [6, 6.07) is 13.3. The standard InChI is InChI=1S/C21H24F2N2O2/c1-14-18(19-11-16(26-2)6-7-20(19)25-14)8-9-24-12-15-4-3-5-17(10-15)27-13-21(22)23/h3-7,10-11,21,24-25H,8-9,12-13H2,1-2H3. The smallest absolute Gasteiger partial charge is 0.272 e. The topological polar surface area (TPSA) is 46.3 Å². The van der Waals surface area contributed by atoms with E-state index in [4.69, 9.17) is 9.47 Å². The molecule has 0 saturated heterocycles. The molecule has 0 aliphatic heterocycles. The molecule has 0 aliphatic carbocycles. The largest absolute Gasteiger partial charge is 0.497 e. The summed E-state index contributed by atoms with van der Waals surface area (Å²) in [5, 5.41) is 4.58. The average molecular weight is 374 g/mol. The molecular weight excluding hydrogens is 350 g/mol. The maximum absolute atomic E-state index is 12.2. The molecule has 4 nitrogen and oxygen atoms in total. The number of rotatable bonds is 9. The van der Waals surface area contributed by atoms with Crippen molar-refractivity contribution in [1.29, 1.82) is 0 Å². The SMILES string of the molecule is COc1ccc2[nH]c(C)c(CCNCc3cccc(OCC(F)F)c3)c2c1. The molecule has 1 heterocycles. The van der Waals surface area contributed by atoms with Crippen LogP contribution in [-0.2, 0) is 13.0 Å². The lowest BCUT2D eigenvalue weighted by Crippen LogP contribution is -2.17. The van der Waals surface area contributed by atoms with Crippen LogP contribution in [-0.4, -0.2) is 31.7 Å². The summed E-state index contributed by atoms with van der Waals surface area (Å²) in [7, 11) is 1.67. The number of aromatic amines is 1. The van der Waals surface area contributed by atoms with E-state index in [0.29, 0.717) is 12.3 Å². The molecule has 27 heavy (non-hydrogen) atoms. The van der Waals surface area contributed by atoms with Crippen LogP contribution in [0.15, 0.2) is 42.5 Å². The molecule has 144 valence electrons. The van der Waals surface area contributed by atoms with Crippen molar-refractivity contribution in [2.24, 2.45) is 0 Å². The summed E-state index contributed by atoms with van der Waals surface area (Å²) in [4.78, 5) is 3.41. The quantitative estimate of drug-likeness (QED) is 0.544. The highest BCUT2D eigenvalue weighted by atomic mass is 19.3. The fraction of sp³-hybridized carbons (Fsp3) is 0.333. The van der Waals surface area contributed by atoms with Gasteiger partial charge in [-0.3, -0.25) is 0 Å². The number of hydrogen-bond donors (Lipinski definition) is 2. The van der Waals surface area contributed by atoms with Gasteiger partial charge < -0.3 is 19.8 Å². The molecule has 3 rings (SSSR count). The van der Waals surface area contributed by atoms with Crippen molar-refractivity contribution in [3.8, 4) is 11.5 Å². The zero-order valence-corrected chi connectivity index (χ0v) is 15.5.